The Hall–Kier alpha value is -3.54. The van der Waals surface area contributed by atoms with Crippen molar-refractivity contribution < 1.29 is 23.8 Å². The summed E-state index contributed by atoms with van der Waals surface area (Å²) in [5.74, 6) is 0.880. The van der Waals surface area contributed by atoms with E-state index in [4.69, 9.17) is 13.9 Å². The van der Waals surface area contributed by atoms with E-state index >= 15 is 0 Å². The minimum atomic E-state index is -1.07. The van der Waals surface area contributed by atoms with E-state index in [2.05, 4.69) is 0 Å². The summed E-state index contributed by atoms with van der Waals surface area (Å²) in [7, 11) is 3.21. The van der Waals surface area contributed by atoms with Crippen LogP contribution in [0, 0.1) is 0 Å². The minimum absolute atomic E-state index is 0.0671. The first-order chi connectivity index (χ1) is 14.0. The van der Waals surface area contributed by atoms with E-state index in [-0.39, 0.29) is 11.0 Å². The molecule has 1 N–H and O–H groups in total. The first-order valence-electron chi connectivity index (χ1n) is 9.28. The Labute approximate surface area is 167 Å². The SMILES string of the molecule is COc1ccc(OC)c(/C=C2/CCCc3c2oc2ccc(C(=O)O)cc2c3=O)c1. The molecule has 0 fully saturated rings. The number of ether oxygens (including phenoxy) is 2. The number of aromatic carboxylic acids is 1. The van der Waals surface area contributed by atoms with Crippen LogP contribution in [-0.4, -0.2) is 25.3 Å². The Balaban J connectivity index is 1.90. The van der Waals surface area contributed by atoms with Gasteiger partial charge < -0.3 is 19.0 Å². The number of hydrogen-bond acceptors (Lipinski definition) is 5. The predicted octanol–water partition coefficient (Wildman–Crippen LogP) is 4.39. The van der Waals surface area contributed by atoms with Crippen molar-refractivity contribution in [3.05, 3.63) is 69.1 Å². The molecule has 29 heavy (non-hydrogen) atoms. The maximum absolute atomic E-state index is 13.0. The zero-order valence-corrected chi connectivity index (χ0v) is 16.2. The minimum Gasteiger partial charge on any atom is -0.497 e. The van der Waals surface area contributed by atoms with Gasteiger partial charge in [-0.05, 0) is 67.3 Å². The van der Waals surface area contributed by atoms with E-state index in [9.17, 15) is 14.7 Å². The number of fused-ring (bicyclic) bond motifs is 2. The third-order valence-corrected chi connectivity index (χ3v) is 5.16. The monoisotopic (exact) mass is 392 g/mol. The molecule has 6 nitrogen and oxygen atoms in total. The summed E-state index contributed by atoms with van der Waals surface area (Å²) in [6.07, 6.45) is 4.12. The third-order valence-electron chi connectivity index (χ3n) is 5.16. The molecule has 0 atom stereocenters. The molecule has 3 aromatic rings. The van der Waals surface area contributed by atoms with Crippen LogP contribution in [0.4, 0.5) is 0 Å². The molecule has 1 aliphatic carbocycles. The molecule has 148 valence electrons. The van der Waals surface area contributed by atoms with Gasteiger partial charge in [0, 0.05) is 11.1 Å². The highest BCUT2D eigenvalue weighted by atomic mass is 16.5. The molecule has 1 aromatic heterocycles. The van der Waals surface area contributed by atoms with E-state index in [0.29, 0.717) is 40.2 Å². The summed E-state index contributed by atoms with van der Waals surface area (Å²) in [4.78, 5) is 24.3. The fourth-order valence-corrected chi connectivity index (χ4v) is 3.70. The van der Waals surface area contributed by atoms with Crippen LogP contribution in [-0.2, 0) is 6.42 Å². The highest BCUT2D eigenvalue weighted by Gasteiger charge is 2.23. The first kappa shape index (κ1) is 18.8. The van der Waals surface area contributed by atoms with Crippen molar-refractivity contribution in [3.8, 4) is 11.5 Å². The van der Waals surface area contributed by atoms with Gasteiger partial charge in [0.25, 0.3) is 0 Å². The van der Waals surface area contributed by atoms with Crippen molar-refractivity contribution in [2.45, 2.75) is 19.3 Å². The zero-order valence-electron chi connectivity index (χ0n) is 16.2. The maximum Gasteiger partial charge on any atom is 0.335 e. The van der Waals surface area contributed by atoms with E-state index in [1.54, 1.807) is 20.3 Å². The zero-order chi connectivity index (χ0) is 20.5. The molecule has 1 heterocycles. The predicted molar refractivity (Wildman–Crippen MR) is 110 cm³/mol. The van der Waals surface area contributed by atoms with Gasteiger partial charge in [0.2, 0.25) is 0 Å². The van der Waals surface area contributed by atoms with Crippen LogP contribution >= 0.6 is 0 Å². The Kier molecular flexibility index (Phi) is 4.84. The van der Waals surface area contributed by atoms with Gasteiger partial charge in [-0.3, -0.25) is 4.79 Å². The van der Waals surface area contributed by atoms with Crippen LogP contribution in [0.2, 0.25) is 0 Å². The van der Waals surface area contributed by atoms with Gasteiger partial charge in [0.15, 0.2) is 5.43 Å². The Morgan fingerprint density at radius 2 is 1.93 bits per heavy atom. The van der Waals surface area contributed by atoms with Crippen molar-refractivity contribution in [2.24, 2.45) is 0 Å². The Morgan fingerprint density at radius 1 is 1.10 bits per heavy atom. The number of carboxylic acid groups (broad SMARTS) is 1. The Bertz CT molecular complexity index is 1200. The first-order valence-corrected chi connectivity index (χ1v) is 9.28. The lowest BCUT2D eigenvalue weighted by Crippen LogP contribution is -2.16. The molecule has 0 saturated carbocycles. The van der Waals surface area contributed by atoms with Gasteiger partial charge in [0.1, 0.15) is 22.8 Å². The van der Waals surface area contributed by atoms with Crippen molar-refractivity contribution >= 4 is 28.6 Å². The molecule has 0 unspecified atom stereocenters. The molecule has 0 saturated heterocycles. The van der Waals surface area contributed by atoms with E-state index in [1.807, 2.05) is 24.3 Å². The highest BCUT2D eigenvalue weighted by Crippen LogP contribution is 2.35. The van der Waals surface area contributed by atoms with Crippen molar-refractivity contribution in [1.82, 2.24) is 0 Å². The van der Waals surface area contributed by atoms with Crippen LogP contribution in [0.3, 0.4) is 0 Å². The lowest BCUT2D eigenvalue weighted by Gasteiger charge is -2.18. The second-order valence-electron chi connectivity index (χ2n) is 6.89. The van der Waals surface area contributed by atoms with E-state index in [0.717, 1.165) is 24.0 Å². The summed E-state index contributed by atoms with van der Waals surface area (Å²) >= 11 is 0. The average Bonchev–Trinajstić information content (AvgIpc) is 2.74. The number of allylic oxidation sites excluding steroid dienone is 1. The van der Waals surface area contributed by atoms with Crippen LogP contribution in [0.5, 0.6) is 11.5 Å². The number of hydrogen-bond donors (Lipinski definition) is 1. The summed E-state index contributed by atoms with van der Waals surface area (Å²) in [6, 6.07) is 9.89. The topological polar surface area (TPSA) is 86.0 Å². The lowest BCUT2D eigenvalue weighted by atomic mass is 9.90. The molecule has 0 aliphatic heterocycles. The molecule has 0 bridgehead atoms. The van der Waals surface area contributed by atoms with Gasteiger partial charge in [-0.1, -0.05) is 0 Å². The number of rotatable bonds is 4. The molecule has 6 heteroatoms. The smallest absolute Gasteiger partial charge is 0.335 e. The van der Waals surface area contributed by atoms with Crippen LogP contribution in [0.1, 0.15) is 40.1 Å². The third kappa shape index (κ3) is 3.38. The maximum atomic E-state index is 13.0. The van der Waals surface area contributed by atoms with Gasteiger partial charge in [0.05, 0.1) is 25.2 Å². The van der Waals surface area contributed by atoms with E-state index in [1.165, 1.54) is 12.1 Å². The fraction of sp³-hybridized carbons (Fsp3) is 0.217. The van der Waals surface area contributed by atoms with E-state index < -0.39 is 5.97 Å². The van der Waals surface area contributed by atoms with Crippen LogP contribution in [0.25, 0.3) is 22.6 Å². The van der Waals surface area contributed by atoms with Crippen molar-refractivity contribution in [1.29, 1.82) is 0 Å². The number of methoxy groups -OCH3 is 2. The second-order valence-corrected chi connectivity index (χ2v) is 6.89. The lowest BCUT2D eigenvalue weighted by molar-refractivity contribution is 0.0697. The molecular weight excluding hydrogens is 372 g/mol. The summed E-state index contributed by atoms with van der Waals surface area (Å²) in [5.41, 5.74) is 2.59. The van der Waals surface area contributed by atoms with Gasteiger partial charge in [-0.25, -0.2) is 4.79 Å². The van der Waals surface area contributed by atoms with Gasteiger partial charge in [-0.15, -0.1) is 0 Å². The van der Waals surface area contributed by atoms with Gasteiger partial charge in [-0.2, -0.15) is 0 Å². The summed E-state index contributed by atoms with van der Waals surface area (Å²) < 4.78 is 16.9. The van der Waals surface area contributed by atoms with Crippen molar-refractivity contribution in [2.75, 3.05) is 14.2 Å². The average molecular weight is 392 g/mol. The molecule has 1 aliphatic rings. The molecule has 0 amide bonds. The van der Waals surface area contributed by atoms with Crippen LogP contribution < -0.4 is 14.9 Å². The highest BCUT2D eigenvalue weighted by molar-refractivity contribution is 5.93. The number of carbonyl (C=O) groups is 1. The molecule has 0 radical (unpaired) electrons. The summed E-state index contributed by atoms with van der Waals surface area (Å²) in [6.45, 7) is 0. The standard InChI is InChI=1S/C23H20O6/c1-27-16-7-9-19(28-2)15(11-16)10-13-4-3-5-17-21(24)18-12-14(23(25)26)6-8-20(18)29-22(13)17/h6-12H,3-5H2,1-2H3,(H,25,26)/b13-10-. The normalized spacial score (nSPS) is 14.6. The van der Waals surface area contributed by atoms with Gasteiger partial charge >= 0.3 is 5.97 Å². The number of benzene rings is 2. The number of carboxylic acids is 1. The Morgan fingerprint density at radius 3 is 2.66 bits per heavy atom. The fourth-order valence-electron chi connectivity index (χ4n) is 3.70. The summed E-state index contributed by atoms with van der Waals surface area (Å²) in [5, 5.41) is 9.50. The van der Waals surface area contributed by atoms with Crippen LogP contribution in [0.15, 0.2) is 45.6 Å². The molecule has 0 spiro atoms. The van der Waals surface area contributed by atoms with Crippen molar-refractivity contribution in [3.63, 3.8) is 0 Å². The second kappa shape index (κ2) is 7.47. The molecular formula is C23H20O6. The molecule has 2 aromatic carbocycles. The molecule has 4 rings (SSSR count). The quantitative estimate of drug-likeness (QED) is 0.709. The largest absolute Gasteiger partial charge is 0.497 e.